The third-order valence-electron chi connectivity index (χ3n) is 2.91. The molecule has 0 aliphatic carbocycles. The summed E-state index contributed by atoms with van der Waals surface area (Å²) in [5.41, 5.74) is 5.71. The molecule has 0 saturated carbocycles. The van der Waals surface area contributed by atoms with Crippen LogP contribution in [0.3, 0.4) is 0 Å². The van der Waals surface area contributed by atoms with Crippen LogP contribution in [0.2, 0.25) is 5.02 Å². The number of rotatable bonds is 4. The van der Waals surface area contributed by atoms with Crippen molar-refractivity contribution in [1.82, 2.24) is 0 Å². The molecule has 5 nitrogen and oxygen atoms in total. The van der Waals surface area contributed by atoms with Crippen LogP contribution in [-0.4, -0.2) is 14.4 Å². The molecule has 2 rings (SSSR count). The Morgan fingerprint density at radius 3 is 2.09 bits per heavy atom. The van der Waals surface area contributed by atoms with Crippen molar-refractivity contribution in [3.63, 3.8) is 0 Å². The van der Waals surface area contributed by atoms with E-state index in [9.17, 15) is 13.2 Å². The van der Waals surface area contributed by atoms with Gasteiger partial charge in [-0.15, -0.1) is 0 Å². The number of urea groups is 1. The Morgan fingerprint density at radius 1 is 1.05 bits per heavy atom. The van der Waals surface area contributed by atoms with Gasteiger partial charge in [0.1, 0.15) is 0 Å². The predicted octanol–water partition coefficient (Wildman–Crippen LogP) is 3.23. The quantitative estimate of drug-likeness (QED) is 0.930. The van der Waals surface area contributed by atoms with Gasteiger partial charge in [0.25, 0.3) is 10.0 Å². The summed E-state index contributed by atoms with van der Waals surface area (Å²) in [6, 6.07) is 12.8. The number of carbonyl (C=O) groups is 1. The molecule has 2 aromatic rings. The van der Waals surface area contributed by atoms with Crippen LogP contribution in [0.1, 0.15) is 5.56 Å². The lowest BCUT2D eigenvalue weighted by Gasteiger charge is -2.21. The third-order valence-corrected chi connectivity index (χ3v) is 4.89. The average Bonchev–Trinajstić information content (AvgIpc) is 2.49. The number of nitrogens with two attached hydrogens (primary N) is 1. The van der Waals surface area contributed by atoms with Crippen molar-refractivity contribution < 1.29 is 13.2 Å². The second-order valence-electron chi connectivity index (χ2n) is 4.37. The zero-order valence-electron chi connectivity index (χ0n) is 11.4. The van der Waals surface area contributed by atoms with Gasteiger partial charge in [-0.1, -0.05) is 48.5 Å². The van der Waals surface area contributed by atoms with E-state index in [1.807, 2.05) is 0 Å². The van der Waals surface area contributed by atoms with E-state index >= 15 is 0 Å². The van der Waals surface area contributed by atoms with E-state index in [1.54, 1.807) is 30.3 Å². The molecule has 0 unspecified atom stereocenters. The van der Waals surface area contributed by atoms with Crippen molar-refractivity contribution in [2.75, 3.05) is 4.31 Å². The molecular weight excluding hydrogens is 324 g/mol. The van der Waals surface area contributed by atoms with E-state index in [-0.39, 0.29) is 10.6 Å². The molecule has 2 N–H and O–H groups in total. The molecule has 2 aromatic carbocycles. The summed E-state index contributed by atoms with van der Waals surface area (Å²) in [6.45, 7) is 3.58. The summed E-state index contributed by atoms with van der Waals surface area (Å²) >= 11 is 5.77. The van der Waals surface area contributed by atoms with E-state index in [2.05, 4.69) is 6.58 Å². The van der Waals surface area contributed by atoms with Gasteiger partial charge in [-0.2, -0.15) is 4.31 Å². The Labute approximate surface area is 133 Å². The van der Waals surface area contributed by atoms with Crippen molar-refractivity contribution in [2.45, 2.75) is 0 Å². The van der Waals surface area contributed by atoms with E-state index in [0.717, 1.165) is 0 Å². The Hall–Kier alpha value is -2.31. The van der Waals surface area contributed by atoms with E-state index in [0.29, 0.717) is 14.9 Å². The van der Waals surface area contributed by atoms with Gasteiger partial charge < -0.3 is 5.73 Å². The fourth-order valence-electron chi connectivity index (χ4n) is 1.84. The second kappa shape index (κ2) is 6.21. The molecule has 0 bridgehead atoms. The van der Waals surface area contributed by atoms with Crippen molar-refractivity contribution in [1.29, 1.82) is 0 Å². The first kappa shape index (κ1) is 16.1. The molecule has 7 heteroatoms. The van der Waals surface area contributed by atoms with Crippen molar-refractivity contribution >= 4 is 38.2 Å². The molecular formula is C15H13ClN2O3S. The Bertz CT molecular complexity index is 802. The smallest absolute Gasteiger partial charge is 0.333 e. The van der Waals surface area contributed by atoms with Gasteiger partial charge in [-0.3, -0.25) is 0 Å². The van der Waals surface area contributed by atoms with Crippen LogP contribution >= 0.6 is 11.6 Å². The number of nitrogens with zero attached hydrogens (tertiary/aromatic N) is 1. The minimum atomic E-state index is -4.20. The summed E-state index contributed by atoms with van der Waals surface area (Å²) in [7, 11) is -4.20. The van der Waals surface area contributed by atoms with Crippen LogP contribution in [0, 0.1) is 0 Å². The standard InChI is InChI=1S/C15H13ClN2O3S/c1-11(12-5-3-2-4-6-12)22(20,21)18(15(17)19)14-9-7-13(16)8-10-14/h2-10H,1H2,(H2,17,19). The maximum absolute atomic E-state index is 12.7. The number of sulfonamides is 1. The minimum absolute atomic E-state index is 0.0916. The lowest BCUT2D eigenvalue weighted by molar-refractivity contribution is 0.257. The van der Waals surface area contributed by atoms with Crippen LogP contribution < -0.4 is 10.0 Å². The van der Waals surface area contributed by atoms with Gasteiger partial charge >= 0.3 is 6.03 Å². The molecule has 0 radical (unpaired) electrons. The maximum Gasteiger partial charge on any atom is 0.333 e. The van der Waals surface area contributed by atoms with Crippen molar-refractivity contribution in [2.24, 2.45) is 5.73 Å². The van der Waals surface area contributed by atoms with Crippen LogP contribution in [0.25, 0.3) is 4.91 Å². The Balaban J connectivity index is 2.50. The first-order chi connectivity index (χ1) is 10.3. The molecule has 0 spiro atoms. The number of anilines is 1. The summed E-state index contributed by atoms with van der Waals surface area (Å²) in [4.78, 5) is 11.4. The number of carbonyl (C=O) groups excluding carboxylic acids is 1. The zero-order valence-corrected chi connectivity index (χ0v) is 13.0. The molecule has 0 heterocycles. The van der Waals surface area contributed by atoms with Crippen LogP contribution in [0.15, 0.2) is 61.2 Å². The molecule has 0 aliphatic heterocycles. The highest BCUT2D eigenvalue weighted by Gasteiger charge is 2.31. The fraction of sp³-hybridized carbons (Fsp3) is 0. The summed E-state index contributed by atoms with van der Waals surface area (Å²) < 4.78 is 25.8. The highest BCUT2D eigenvalue weighted by Crippen LogP contribution is 2.28. The minimum Gasteiger partial charge on any atom is -0.350 e. The van der Waals surface area contributed by atoms with Crippen LogP contribution in [0.4, 0.5) is 10.5 Å². The monoisotopic (exact) mass is 336 g/mol. The highest BCUT2D eigenvalue weighted by molar-refractivity contribution is 8.02. The fourth-order valence-corrected chi connectivity index (χ4v) is 3.26. The molecule has 2 amide bonds. The average molecular weight is 337 g/mol. The molecule has 0 aliphatic rings. The predicted molar refractivity (Wildman–Crippen MR) is 87.9 cm³/mol. The number of halogens is 1. The first-order valence-corrected chi connectivity index (χ1v) is 8.00. The van der Waals surface area contributed by atoms with E-state index in [4.69, 9.17) is 17.3 Å². The van der Waals surface area contributed by atoms with Gasteiger partial charge in [-0.05, 0) is 29.8 Å². The third kappa shape index (κ3) is 3.13. The largest absolute Gasteiger partial charge is 0.350 e. The first-order valence-electron chi connectivity index (χ1n) is 6.18. The SMILES string of the molecule is C=C(c1ccccc1)S(=O)(=O)N(C(N)=O)c1ccc(Cl)cc1. The van der Waals surface area contributed by atoms with Gasteiger partial charge in [0.2, 0.25) is 0 Å². The highest BCUT2D eigenvalue weighted by atomic mass is 35.5. The summed E-state index contributed by atoms with van der Waals surface area (Å²) in [5, 5.41) is 0.410. The zero-order chi connectivity index (χ0) is 16.3. The number of amides is 2. The molecule has 114 valence electrons. The number of benzene rings is 2. The van der Waals surface area contributed by atoms with Crippen molar-refractivity contribution in [3.8, 4) is 0 Å². The van der Waals surface area contributed by atoms with Gasteiger partial charge in [0, 0.05) is 5.02 Å². The number of hydrogen-bond acceptors (Lipinski definition) is 3. The summed E-state index contributed by atoms with van der Waals surface area (Å²) in [6.07, 6.45) is 0. The molecule has 0 atom stereocenters. The summed E-state index contributed by atoms with van der Waals surface area (Å²) in [5.74, 6) is 0. The van der Waals surface area contributed by atoms with Crippen LogP contribution in [-0.2, 0) is 10.0 Å². The van der Waals surface area contributed by atoms with Crippen molar-refractivity contribution in [3.05, 3.63) is 71.8 Å². The maximum atomic E-state index is 12.7. The van der Waals surface area contributed by atoms with Crippen LogP contribution in [0.5, 0.6) is 0 Å². The Morgan fingerprint density at radius 2 is 1.59 bits per heavy atom. The van der Waals surface area contributed by atoms with Gasteiger partial charge in [-0.25, -0.2) is 13.2 Å². The van der Waals surface area contributed by atoms with Gasteiger partial charge in [0.15, 0.2) is 0 Å². The lowest BCUT2D eigenvalue weighted by Crippen LogP contribution is -2.40. The lowest BCUT2D eigenvalue weighted by atomic mass is 10.2. The number of hydrogen-bond donors (Lipinski definition) is 1. The Kier molecular flexibility index (Phi) is 4.54. The molecule has 0 aromatic heterocycles. The topological polar surface area (TPSA) is 80.5 Å². The molecule has 0 saturated heterocycles. The normalized spacial score (nSPS) is 11.0. The molecule has 22 heavy (non-hydrogen) atoms. The van der Waals surface area contributed by atoms with E-state index in [1.165, 1.54) is 24.3 Å². The second-order valence-corrected chi connectivity index (χ2v) is 6.62. The van der Waals surface area contributed by atoms with Gasteiger partial charge in [0.05, 0.1) is 10.6 Å². The van der Waals surface area contributed by atoms with E-state index < -0.39 is 16.1 Å². The molecule has 0 fully saturated rings. The number of primary amides is 1.